The van der Waals surface area contributed by atoms with Crippen molar-refractivity contribution < 1.29 is 9.90 Å². The van der Waals surface area contributed by atoms with Crippen LogP contribution in [0.15, 0.2) is 0 Å². The van der Waals surface area contributed by atoms with Crippen molar-refractivity contribution in [3.63, 3.8) is 0 Å². The van der Waals surface area contributed by atoms with E-state index in [2.05, 4.69) is 23.6 Å². The summed E-state index contributed by atoms with van der Waals surface area (Å²) in [5.74, 6) is -0.727. The molecule has 0 aliphatic carbocycles. The van der Waals surface area contributed by atoms with Gasteiger partial charge in [-0.2, -0.15) is 0 Å². The van der Waals surface area contributed by atoms with Crippen LogP contribution in [-0.4, -0.2) is 59.1 Å². The summed E-state index contributed by atoms with van der Waals surface area (Å²) in [5.41, 5.74) is 0. The van der Waals surface area contributed by atoms with E-state index in [1.165, 1.54) is 45.3 Å². The number of hydrogen-bond acceptors (Lipinski definition) is 3. The Hall–Kier alpha value is -0.610. The molecule has 2 saturated heterocycles. The van der Waals surface area contributed by atoms with Gasteiger partial charge in [-0.3, -0.25) is 9.69 Å². The van der Waals surface area contributed by atoms with E-state index in [0.29, 0.717) is 12.1 Å². The highest BCUT2D eigenvalue weighted by Gasteiger charge is 2.33. The smallest absolute Gasteiger partial charge is 0.306 e. The molecule has 20 heavy (non-hydrogen) atoms. The molecule has 2 rings (SSSR count). The van der Waals surface area contributed by atoms with Crippen LogP contribution in [0.2, 0.25) is 0 Å². The van der Waals surface area contributed by atoms with Gasteiger partial charge in [-0.05, 0) is 71.6 Å². The van der Waals surface area contributed by atoms with Crippen molar-refractivity contribution in [2.45, 2.75) is 64.5 Å². The second kappa shape index (κ2) is 7.41. The number of piperidine rings is 1. The van der Waals surface area contributed by atoms with E-state index in [1.54, 1.807) is 0 Å². The van der Waals surface area contributed by atoms with Gasteiger partial charge < -0.3 is 10.0 Å². The molecule has 3 atom stereocenters. The predicted octanol–water partition coefficient (Wildman–Crippen LogP) is 2.44. The maximum Gasteiger partial charge on any atom is 0.306 e. The van der Waals surface area contributed by atoms with Crippen molar-refractivity contribution >= 4 is 5.97 Å². The summed E-state index contributed by atoms with van der Waals surface area (Å²) in [6, 6.07) is 1.09. The summed E-state index contributed by atoms with van der Waals surface area (Å²) >= 11 is 0. The fourth-order valence-corrected chi connectivity index (χ4v) is 3.97. The maximum atomic E-state index is 11.1. The van der Waals surface area contributed by atoms with E-state index in [0.717, 1.165) is 19.4 Å². The number of likely N-dealkylation sites (tertiary alicyclic amines) is 2. The molecule has 0 aromatic carbocycles. The van der Waals surface area contributed by atoms with Crippen LogP contribution in [0.5, 0.6) is 0 Å². The number of aliphatic carboxylic acids is 1. The SMILES string of the molecule is CCCN1CCCC(N2CCC(C(=O)O)CC2C)CC1. The van der Waals surface area contributed by atoms with Crippen LogP contribution in [-0.2, 0) is 4.79 Å². The van der Waals surface area contributed by atoms with Crippen molar-refractivity contribution in [2.24, 2.45) is 5.92 Å². The Balaban J connectivity index is 1.87. The minimum atomic E-state index is -0.605. The monoisotopic (exact) mass is 282 g/mol. The Bertz CT molecular complexity index is 322. The van der Waals surface area contributed by atoms with Gasteiger partial charge in [0.25, 0.3) is 0 Å². The zero-order valence-electron chi connectivity index (χ0n) is 13.1. The first-order valence-corrected chi connectivity index (χ1v) is 8.32. The Labute approximate surface area is 123 Å². The summed E-state index contributed by atoms with van der Waals surface area (Å²) in [6.07, 6.45) is 6.71. The van der Waals surface area contributed by atoms with Crippen LogP contribution < -0.4 is 0 Å². The number of carboxylic acid groups (broad SMARTS) is 1. The third-order valence-corrected chi connectivity index (χ3v) is 5.08. The van der Waals surface area contributed by atoms with Crippen LogP contribution in [0.4, 0.5) is 0 Å². The van der Waals surface area contributed by atoms with Gasteiger partial charge in [0.15, 0.2) is 0 Å². The highest BCUT2D eigenvalue weighted by Crippen LogP contribution is 2.28. The third kappa shape index (κ3) is 3.95. The van der Waals surface area contributed by atoms with E-state index < -0.39 is 5.97 Å². The minimum absolute atomic E-state index is 0.122. The van der Waals surface area contributed by atoms with Crippen molar-refractivity contribution in [1.29, 1.82) is 0 Å². The molecule has 0 aromatic heterocycles. The molecule has 2 aliphatic heterocycles. The van der Waals surface area contributed by atoms with Gasteiger partial charge in [0.05, 0.1) is 5.92 Å². The minimum Gasteiger partial charge on any atom is -0.481 e. The molecule has 3 unspecified atom stereocenters. The average molecular weight is 282 g/mol. The number of hydrogen-bond donors (Lipinski definition) is 1. The summed E-state index contributed by atoms with van der Waals surface area (Å²) < 4.78 is 0. The van der Waals surface area contributed by atoms with Gasteiger partial charge in [0.2, 0.25) is 0 Å². The van der Waals surface area contributed by atoms with Crippen LogP contribution in [0, 0.1) is 5.92 Å². The van der Waals surface area contributed by atoms with E-state index >= 15 is 0 Å². The lowest BCUT2D eigenvalue weighted by Crippen LogP contribution is -2.48. The lowest BCUT2D eigenvalue weighted by Gasteiger charge is -2.41. The molecule has 0 amide bonds. The zero-order chi connectivity index (χ0) is 14.5. The molecule has 2 aliphatic rings. The summed E-state index contributed by atoms with van der Waals surface area (Å²) in [7, 11) is 0. The molecular formula is C16H30N2O2. The Morgan fingerprint density at radius 1 is 1.20 bits per heavy atom. The molecule has 0 bridgehead atoms. The second-order valence-corrected chi connectivity index (χ2v) is 6.57. The molecule has 4 heteroatoms. The van der Waals surface area contributed by atoms with Crippen LogP contribution in [0.25, 0.3) is 0 Å². The lowest BCUT2D eigenvalue weighted by atomic mass is 9.89. The van der Waals surface area contributed by atoms with Gasteiger partial charge in [-0.1, -0.05) is 6.92 Å². The fourth-order valence-electron chi connectivity index (χ4n) is 3.97. The van der Waals surface area contributed by atoms with Gasteiger partial charge in [-0.15, -0.1) is 0 Å². The first kappa shape index (κ1) is 15.8. The molecule has 2 heterocycles. The number of nitrogens with zero attached hydrogens (tertiary/aromatic N) is 2. The Morgan fingerprint density at radius 3 is 2.65 bits per heavy atom. The highest BCUT2D eigenvalue weighted by atomic mass is 16.4. The molecule has 4 nitrogen and oxygen atoms in total. The quantitative estimate of drug-likeness (QED) is 0.860. The summed E-state index contributed by atoms with van der Waals surface area (Å²) in [6.45, 7) is 9.11. The molecule has 0 spiro atoms. The van der Waals surface area contributed by atoms with Gasteiger partial charge in [0, 0.05) is 12.1 Å². The Morgan fingerprint density at radius 2 is 2.00 bits per heavy atom. The normalized spacial score (nSPS) is 33.8. The van der Waals surface area contributed by atoms with Crippen molar-refractivity contribution in [3.05, 3.63) is 0 Å². The standard InChI is InChI=1S/C16H30N2O2/c1-3-8-17-9-4-5-15(7-10-17)18-11-6-14(16(19)20)12-13(18)2/h13-15H,3-12H2,1-2H3,(H,19,20). The zero-order valence-corrected chi connectivity index (χ0v) is 13.1. The number of carboxylic acids is 1. The summed E-state index contributed by atoms with van der Waals surface area (Å²) in [4.78, 5) is 16.3. The Kier molecular flexibility index (Phi) is 5.85. The topological polar surface area (TPSA) is 43.8 Å². The molecule has 0 radical (unpaired) electrons. The fraction of sp³-hybridized carbons (Fsp3) is 0.938. The van der Waals surface area contributed by atoms with Crippen molar-refractivity contribution in [3.8, 4) is 0 Å². The third-order valence-electron chi connectivity index (χ3n) is 5.08. The van der Waals surface area contributed by atoms with Crippen molar-refractivity contribution in [1.82, 2.24) is 9.80 Å². The van der Waals surface area contributed by atoms with Gasteiger partial charge in [-0.25, -0.2) is 0 Å². The van der Waals surface area contributed by atoms with E-state index in [-0.39, 0.29) is 5.92 Å². The lowest BCUT2D eigenvalue weighted by molar-refractivity contribution is -0.144. The molecular weight excluding hydrogens is 252 g/mol. The maximum absolute atomic E-state index is 11.1. The van der Waals surface area contributed by atoms with E-state index in [1.807, 2.05) is 0 Å². The molecule has 0 aromatic rings. The number of carbonyl (C=O) groups is 1. The number of rotatable bonds is 4. The second-order valence-electron chi connectivity index (χ2n) is 6.57. The van der Waals surface area contributed by atoms with Gasteiger partial charge >= 0.3 is 5.97 Å². The molecule has 116 valence electrons. The van der Waals surface area contributed by atoms with Crippen LogP contribution in [0.1, 0.15) is 52.4 Å². The largest absolute Gasteiger partial charge is 0.481 e. The van der Waals surface area contributed by atoms with Crippen molar-refractivity contribution in [2.75, 3.05) is 26.2 Å². The first-order valence-electron chi connectivity index (χ1n) is 8.32. The van der Waals surface area contributed by atoms with E-state index in [4.69, 9.17) is 5.11 Å². The molecule has 2 fully saturated rings. The van der Waals surface area contributed by atoms with Crippen LogP contribution >= 0.6 is 0 Å². The predicted molar refractivity (Wildman–Crippen MR) is 80.9 cm³/mol. The summed E-state index contributed by atoms with van der Waals surface area (Å²) in [5, 5.41) is 9.17. The molecule has 1 N–H and O–H groups in total. The average Bonchev–Trinajstić information content (AvgIpc) is 2.65. The van der Waals surface area contributed by atoms with E-state index in [9.17, 15) is 4.79 Å². The van der Waals surface area contributed by atoms with Crippen LogP contribution in [0.3, 0.4) is 0 Å². The first-order chi connectivity index (χ1) is 9.61. The highest BCUT2D eigenvalue weighted by molar-refractivity contribution is 5.70. The molecule has 0 saturated carbocycles. The van der Waals surface area contributed by atoms with Gasteiger partial charge in [0.1, 0.15) is 0 Å².